The quantitative estimate of drug-likeness (QED) is 0.778. The number of anilines is 2. The van der Waals surface area contributed by atoms with Crippen molar-refractivity contribution in [2.75, 3.05) is 31.3 Å². The van der Waals surface area contributed by atoms with Gasteiger partial charge >= 0.3 is 5.97 Å². The zero-order chi connectivity index (χ0) is 13.0. The third-order valence-corrected chi connectivity index (χ3v) is 2.87. The summed E-state index contributed by atoms with van der Waals surface area (Å²) in [6.07, 6.45) is 3.80. The van der Waals surface area contributed by atoms with Crippen molar-refractivity contribution in [3.63, 3.8) is 0 Å². The Balaban J connectivity index is 2.02. The van der Waals surface area contributed by atoms with Crippen molar-refractivity contribution in [1.82, 2.24) is 4.98 Å². The Kier molecular flexibility index (Phi) is 3.99. The van der Waals surface area contributed by atoms with Crippen LogP contribution in [0.25, 0.3) is 0 Å². The fourth-order valence-corrected chi connectivity index (χ4v) is 1.87. The second-order valence-electron chi connectivity index (χ2n) is 4.16. The highest BCUT2D eigenvalue weighted by Gasteiger charge is 2.16. The van der Waals surface area contributed by atoms with Crippen LogP contribution < -0.4 is 11.1 Å². The van der Waals surface area contributed by atoms with Crippen LogP contribution in [0.2, 0.25) is 0 Å². The Hall–Kier alpha value is -1.82. The summed E-state index contributed by atoms with van der Waals surface area (Å²) < 4.78 is 10.1. The first-order valence-electron chi connectivity index (χ1n) is 5.90. The minimum absolute atomic E-state index is 0.214. The summed E-state index contributed by atoms with van der Waals surface area (Å²) in [5.74, 6) is 0.134. The molecular weight excluding hydrogens is 234 g/mol. The molecule has 0 aliphatic carbocycles. The molecule has 3 N–H and O–H groups in total. The lowest BCUT2D eigenvalue weighted by atomic mass is 10.2. The van der Waals surface area contributed by atoms with Crippen molar-refractivity contribution in [3.05, 3.63) is 17.8 Å². The van der Waals surface area contributed by atoms with Crippen LogP contribution in [0.4, 0.5) is 11.5 Å². The second kappa shape index (κ2) is 5.68. The number of hydrogen-bond acceptors (Lipinski definition) is 6. The van der Waals surface area contributed by atoms with Gasteiger partial charge in [0.25, 0.3) is 0 Å². The number of nitrogens with two attached hydrogens (primary N) is 1. The van der Waals surface area contributed by atoms with E-state index in [1.807, 2.05) is 0 Å². The average molecular weight is 251 g/mol. The first-order valence-corrected chi connectivity index (χ1v) is 5.90. The van der Waals surface area contributed by atoms with E-state index in [4.69, 9.17) is 10.5 Å². The zero-order valence-corrected chi connectivity index (χ0v) is 10.3. The van der Waals surface area contributed by atoms with E-state index < -0.39 is 5.97 Å². The van der Waals surface area contributed by atoms with Gasteiger partial charge in [-0.2, -0.15) is 0 Å². The van der Waals surface area contributed by atoms with Crippen LogP contribution in [0, 0.1) is 0 Å². The Bertz CT molecular complexity index is 431. The highest BCUT2D eigenvalue weighted by Crippen LogP contribution is 2.17. The lowest BCUT2D eigenvalue weighted by Gasteiger charge is -2.12. The number of carbonyl (C=O) groups is 1. The molecule has 1 fully saturated rings. The van der Waals surface area contributed by atoms with E-state index in [1.54, 1.807) is 6.07 Å². The van der Waals surface area contributed by atoms with E-state index in [9.17, 15) is 4.79 Å². The average Bonchev–Trinajstić information content (AvgIpc) is 2.90. The summed E-state index contributed by atoms with van der Waals surface area (Å²) in [7, 11) is 1.32. The number of methoxy groups -OCH3 is 1. The maximum atomic E-state index is 11.5. The van der Waals surface area contributed by atoms with Crippen LogP contribution in [0.3, 0.4) is 0 Å². The minimum Gasteiger partial charge on any atom is -0.465 e. The molecule has 2 heterocycles. The van der Waals surface area contributed by atoms with Crippen molar-refractivity contribution in [1.29, 1.82) is 0 Å². The van der Waals surface area contributed by atoms with Crippen LogP contribution in [0.5, 0.6) is 0 Å². The molecule has 0 amide bonds. The molecule has 98 valence electrons. The largest absolute Gasteiger partial charge is 0.465 e. The Morgan fingerprint density at radius 3 is 3.22 bits per heavy atom. The van der Waals surface area contributed by atoms with Crippen LogP contribution >= 0.6 is 0 Å². The summed E-state index contributed by atoms with van der Waals surface area (Å²) in [4.78, 5) is 15.6. The summed E-state index contributed by atoms with van der Waals surface area (Å²) in [6.45, 7) is 1.49. The van der Waals surface area contributed by atoms with Crippen molar-refractivity contribution >= 4 is 17.5 Å². The Labute approximate surface area is 105 Å². The van der Waals surface area contributed by atoms with Gasteiger partial charge in [-0.05, 0) is 18.9 Å². The maximum Gasteiger partial charge on any atom is 0.340 e. The van der Waals surface area contributed by atoms with Crippen LogP contribution in [0.15, 0.2) is 12.3 Å². The molecule has 1 saturated heterocycles. The van der Waals surface area contributed by atoms with Crippen molar-refractivity contribution in [2.45, 2.75) is 18.9 Å². The fourth-order valence-electron chi connectivity index (χ4n) is 1.87. The van der Waals surface area contributed by atoms with E-state index in [2.05, 4.69) is 15.0 Å². The highest BCUT2D eigenvalue weighted by molar-refractivity contribution is 5.95. The molecule has 1 atom stereocenters. The lowest BCUT2D eigenvalue weighted by molar-refractivity contribution is 0.0602. The molecule has 2 rings (SSSR count). The molecule has 0 radical (unpaired) electrons. The smallest absolute Gasteiger partial charge is 0.340 e. The fraction of sp³-hybridized carbons (Fsp3) is 0.500. The number of esters is 1. The predicted molar refractivity (Wildman–Crippen MR) is 67.5 cm³/mol. The summed E-state index contributed by atoms with van der Waals surface area (Å²) in [5.41, 5.74) is 6.30. The highest BCUT2D eigenvalue weighted by atomic mass is 16.5. The van der Waals surface area contributed by atoms with Gasteiger partial charge in [0.15, 0.2) is 0 Å². The summed E-state index contributed by atoms with van der Waals surface area (Å²) in [6, 6.07) is 1.59. The number of carbonyl (C=O) groups excluding carboxylic acids is 1. The molecule has 0 bridgehead atoms. The molecule has 0 saturated carbocycles. The first-order chi connectivity index (χ1) is 8.70. The van der Waals surface area contributed by atoms with Gasteiger partial charge in [0.05, 0.1) is 30.7 Å². The normalized spacial score (nSPS) is 18.6. The number of aromatic nitrogens is 1. The van der Waals surface area contributed by atoms with Gasteiger partial charge in [-0.25, -0.2) is 9.78 Å². The van der Waals surface area contributed by atoms with Crippen LogP contribution in [-0.4, -0.2) is 37.3 Å². The first kappa shape index (κ1) is 12.6. The maximum absolute atomic E-state index is 11.5. The summed E-state index contributed by atoms with van der Waals surface area (Å²) in [5, 5.41) is 3.13. The van der Waals surface area contributed by atoms with Gasteiger partial charge in [0.1, 0.15) is 5.82 Å². The topological polar surface area (TPSA) is 86.5 Å². The molecule has 6 nitrogen and oxygen atoms in total. The number of ether oxygens (including phenoxy) is 2. The number of nitrogen functional groups attached to an aromatic ring is 1. The number of hydrogen-bond donors (Lipinski definition) is 2. The van der Waals surface area contributed by atoms with E-state index in [1.165, 1.54) is 13.3 Å². The molecule has 1 aromatic rings. The Morgan fingerprint density at radius 1 is 1.72 bits per heavy atom. The lowest BCUT2D eigenvalue weighted by Crippen LogP contribution is -2.19. The number of nitrogens with zero attached hydrogens (tertiary/aromatic N) is 1. The van der Waals surface area contributed by atoms with Gasteiger partial charge in [-0.15, -0.1) is 0 Å². The number of pyridine rings is 1. The van der Waals surface area contributed by atoms with Crippen molar-refractivity contribution in [3.8, 4) is 0 Å². The van der Waals surface area contributed by atoms with Crippen LogP contribution in [0.1, 0.15) is 23.2 Å². The van der Waals surface area contributed by atoms with E-state index in [-0.39, 0.29) is 6.10 Å². The van der Waals surface area contributed by atoms with Crippen LogP contribution in [-0.2, 0) is 9.47 Å². The van der Waals surface area contributed by atoms with Gasteiger partial charge in [0, 0.05) is 13.2 Å². The van der Waals surface area contributed by atoms with Gasteiger partial charge in [-0.1, -0.05) is 0 Å². The third kappa shape index (κ3) is 2.89. The molecule has 1 aliphatic heterocycles. The third-order valence-electron chi connectivity index (χ3n) is 2.87. The zero-order valence-electron chi connectivity index (χ0n) is 10.3. The van der Waals surface area contributed by atoms with E-state index in [0.29, 0.717) is 23.6 Å². The number of rotatable bonds is 4. The molecule has 1 unspecified atom stereocenters. The molecule has 0 aromatic carbocycles. The van der Waals surface area contributed by atoms with Gasteiger partial charge in [-0.3, -0.25) is 0 Å². The molecular formula is C12H17N3O3. The van der Waals surface area contributed by atoms with Crippen molar-refractivity contribution in [2.24, 2.45) is 0 Å². The molecule has 1 aromatic heterocycles. The number of nitrogens with one attached hydrogen (secondary N) is 1. The Morgan fingerprint density at radius 2 is 2.56 bits per heavy atom. The monoisotopic (exact) mass is 251 g/mol. The molecule has 6 heteroatoms. The van der Waals surface area contributed by atoms with E-state index >= 15 is 0 Å². The SMILES string of the molecule is COC(=O)c1cc(NCC2CCCO2)ncc1N. The molecule has 0 spiro atoms. The molecule has 1 aliphatic rings. The standard InChI is InChI=1S/C12H17N3O3/c1-17-12(16)9-5-11(15-7-10(9)13)14-6-8-3-2-4-18-8/h5,7-8H,2-4,6,13H2,1H3,(H,14,15). The second-order valence-corrected chi connectivity index (χ2v) is 4.16. The van der Waals surface area contributed by atoms with Gasteiger partial charge in [0.2, 0.25) is 0 Å². The van der Waals surface area contributed by atoms with E-state index in [0.717, 1.165) is 19.4 Å². The predicted octanol–water partition coefficient (Wildman–Crippen LogP) is 1.04. The minimum atomic E-state index is -0.463. The molecule has 18 heavy (non-hydrogen) atoms. The van der Waals surface area contributed by atoms with Gasteiger partial charge < -0.3 is 20.5 Å². The van der Waals surface area contributed by atoms with Crippen molar-refractivity contribution < 1.29 is 14.3 Å². The summed E-state index contributed by atoms with van der Waals surface area (Å²) >= 11 is 0.